The van der Waals surface area contributed by atoms with E-state index < -0.39 is 10.0 Å². The van der Waals surface area contributed by atoms with E-state index in [-0.39, 0.29) is 18.6 Å². The van der Waals surface area contributed by atoms with Crippen molar-refractivity contribution >= 4 is 15.9 Å². The summed E-state index contributed by atoms with van der Waals surface area (Å²) in [6.07, 6.45) is 3.14. The standard InChI is InChI=1S/C14H27N3O5S/c1-23(19,20)17(5-4-16-6-9-21-10-7-16)12-14(18)15-11-13-3-2-8-22-13/h13H,2-12H2,1H3,(H,15,18). The number of ether oxygens (including phenoxy) is 2. The van der Waals surface area contributed by atoms with Crippen LogP contribution in [0.4, 0.5) is 0 Å². The lowest BCUT2D eigenvalue weighted by Gasteiger charge is -2.29. The van der Waals surface area contributed by atoms with Gasteiger partial charge >= 0.3 is 0 Å². The second-order valence-electron chi connectivity index (χ2n) is 5.99. The van der Waals surface area contributed by atoms with Crippen molar-refractivity contribution in [1.82, 2.24) is 14.5 Å². The van der Waals surface area contributed by atoms with Crippen LogP contribution >= 0.6 is 0 Å². The van der Waals surface area contributed by atoms with Crippen molar-refractivity contribution < 1.29 is 22.7 Å². The van der Waals surface area contributed by atoms with E-state index in [1.165, 1.54) is 4.31 Å². The number of hydrogen-bond acceptors (Lipinski definition) is 6. The molecule has 2 aliphatic heterocycles. The van der Waals surface area contributed by atoms with Crippen LogP contribution in [-0.2, 0) is 24.3 Å². The molecule has 9 heteroatoms. The van der Waals surface area contributed by atoms with Crippen LogP contribution in [-0.4, -0.2) is 95.0 Å². The summed E-state index contributed by atoms with van der Waals surface area (Å²) in [4.78, 5) is 14.1. The van der Waals surface area contributed by atoms with Gasteiger partial charge in [-0.25, -0.2) is 8.42 Å². The van der Waals surface area contributed by atoms with Crippen LogP contribution in [0.25, 0.3) is 0 Å². The lowest BCUT2D eigenvalue weighted by atomic mass is 10.2. The Morgan fingerprint density at radius 1 is 1.30 bits per heavy atom. The Morgan fingerprint density at radius 3 is 2.65 bits per heavy atom. The second kappa shape index (κ2) is 8.93. The molecule has 0 aliphatic carbocycles. The molecule has 1 atom stereocenters. The van der Waals surface area contributed by atoms with E-state index in [0.717, 1.165) is 38.8 Å². The van der Waals surface area contributed by atoms with Crippen LogP contribution in [0.5, 0.6) is 0 Å². The van der Waals surface area contributed by atoms with Crippen molar-refractivity contribution in [1.29, 1.82) is 0 Å². The quantitative estimate of drug-likeness (QED) is 0.597. The minimum absolute atomic E-state index is 0.0546. The average Bonchev–Trinajstić information content (AvgIpc) is 3.02. The number of hydrogen-bond donors (Lipinski definition) is 1. The molecule has 2 rings (SSSR count). The minimum atomic E-state index is -3.41. The summed E-state index contributed by atoms with van der Waals surface area (Å²) in [7, 11) is -3.41. The Morgan fingerprint density at radius 2 is 2.04 bits per heavy atom. The Balaban J connectivity index is 1.76. The van der Waals surface area contributed by atoms with Gasteiger partial charge in [0, 0.05) is 39.3 Å². The summed E-state index contributed by atoms with van der Waals surface area (Å²) in [5.74, 6) is -0.284. The number of morpholine rings is 1. The highest BCUT2D eigenvalue weighted by molar-refractivity contribution is 7.88. The first kappa shape index (κ1) is 18.6. The SMILES string of the molecule is CS(=O)(=O)N(CCN1CCOCC1)CC(=O)NCC1CCCO1. The Hall–Kier alpha value is -0.740. The van der Waals surface area contributed by atoms with E-state index in [9.17, 15) is 13.2 Å². The van der Waals surface area contributed by atoms with Crippen molar-refractivity contribution in [2.45, 2.75) is 18.9 Å². The van der Waals surface area contributed by atoms with Gasteiger partial charge in [0.15, 0.2) is 0 Å². The fourth-order valence-electron chi connectivity index (χ4n) is 2.69. The van der Waals surface area contributed by atoms with E-state index >= 15 is 0 Å². The van der Waals surface area contributed by atoms with Gasteiger partial charge in [-0.05, 0) is 12.8 Å². The molecular formula is C14H27N3O5S. The predicted octanol–water partition coefficient (Wildman–Crippen LogP) is -1.12. The number of carbonyl (C=O) groups is 1. The summed E-state index contributed by atoms with van der Waals surface area (Å²) < 4.78 is 35.7. The molecule has 8 nitrogen and oxygen atoms in total. The summed E-state index contributed by atoms with van der Waals surface area (Å²) in [5.41, 5.74) is 0. The van der Waals surface area contributed by atoms with Crippen molar-refractivity contribution in [3.05, 3.63) is 0 Å². The lowest BCUT2D eigenvalue weighted by molar-refractivity contribution is -0.121. The number of rotatable bonds is 8. The fraction of sp³-hybridized carbons (Fsp3) is 0.929. The molecule has 1 N–H and O–H groups in total. The third-order valence-electron chi connectivity index (χ3n) is 4.11. The van der Waals surface area contributed by atoms with Gasteiger partial charge in [-0.2, -0.15) is 4.31 Å². The van der Waals surface area contributed by atoms with Gasteiger partial charge in [-0.3, -0.25) is 9.69 Å². The van der Waals surface area contributed by atoms with Crippen molar-refractivity contribution in [2.75, 3.05) is 65.3 Å². The lowest BCUT2D eigenvalue weighted by Crippen LogP contribution is -2.46. The topological polar surface area (TPSA) is 88.2 Å². The Bertz CT molecular complexity index is 473. The van der Waals surface area contributed by atoms with Gasteiger partial charge in [0.1, 0.15) is 0 Å². The van der Waals surface area contributed by atoms with Crippen molar-refractivity contribution in [3.63, 3.8) is 0 Å². The van der Waals surface area contributed by atoms with Crippen LogP contribution in [0.1, 0.15) is 12.8 Å². The molecular weight excluding hydrogens is 322 g/mol. The maximum atomic E-state index is 12.0. The first-order valence-electron chi connectivity index (χ1n) is 8.08. The van der Waals surface area contributed by atoms with Crippen molar-refractivity contribution in [3.8, 4) is 0 Å². The van der Waals surface area contributed by atoms with Crippen LogP contribution in [0.15, 0.2) is 0 Å². The number of carbonyl (C=O) groups excluding carboxylic acids is 1. The van der Waals surface area contributed by atoms with Gasteiger partial charge < -0.3 is 14.8 Å². The average molecular weight is 349 g/mol. The Kier molecular flexibility index (Phi) is 7.22. The zero-order valence-corrected chi connectivity index (χ0v) is 14.5. The van der Waals surface area contributed by atoms with Crippen LogP contribution < -0.4 is 5.32 Å². The number of sulfonamides is 1. The smallest absolute Gasteiger partial charge is 0.235 e. The Labute approximate surface area is 138 Å². The molecule has 1 unspecified atom stereocenters. The molecule has 0 aromatic carbocycles. The maximum absolute atomic E-state index is 12.0. The summed E-state index contributed by atoms with van der Waals surface area (Å²) in [6, 6.07) is 0. The van der Waals surface area contributed by atoms with E-state index in [1.807, 2.05) is 0 Å². The first-order chi connectivity index (χ1) is 10.9. The monoisotopic (exact) mass is 349 g/mol. The number of nitrogens with one attached hydrogen (secondary N) is 1. The summed E-state index contributed by atoms with van der Waals surface area (Å²) >= 11 is 0. The molecule has 2 heterocycles. The van der Waals surface area contributed by atoms with Crippen LogP contribution in [0.2, 0.25) is 0 Å². The second-order valence-corrected chi connectivity index (χ2v) is 7.97. The molecule has 0 bridgehead atoms. The van der Waals surface area contributed by atoms with Gasteiger partial charge in [-0.1, -0.05) is 0 Å². The number of amides is 1. The van der Waals surface area contributed by atoms with Gasteiger partial charge in [0.2, 0.25) is 15.9 Å². The molecule has 0 aromatic rings. The van der Waals surface area contributed by atoms with Gasteiger partial charge in [0.25, 0.3) is 0 Å². The molecule has 1 amide bonds. The van der Waals surface area contributed by atoms with Gasteiger partial charge in [-0.15, -0.1) is 0 Å². The third-order valence-corrected chi connectivity index (χ3v) is 5.36. The van der Waals surface area contributed by atoms with E-state index in [2.05, 4.69) is 10.2 Å². The third kappa shape index (κ3) is 6.72. The molecule has 23 heavy (non-hydrogen) atoms. The molecule has 0 saturated carbocycles. The largest absolute Gasteiger partial charge is 0.379 e. The van der Waals surface area contributed by atoms with Crippen LogP contribution in [0, 0.1) is 0 Å². The van der Waals surface area contributed by atoms with E-state index in [0.29, 0.717) is 32.8 Å². The van der Waals surface area contributed by atoms with Gasteiger partial charge in [0.05, 0.1) is 32.1 Å². The molecule has 2 saturated heterocycles. The normalized spacial score (nSPS) is 23.3. The highest BCUT2D eigenvalue weighted by Gasteiger charge is 2.23. The molecule has 2 fully saturated rings. The number of nitrogens with zero attached hydrogens (tertiary/aromatic N) is 2. The maximum Gasteiger partial charge on any atom is 0.235 e. The van der Waals surface area contributed by atoms with E-state index in [1.54, 1.807) is 0 Å². The summed E-state index contributed by atoms with van der Waals surface area (Å²) in [6.45, 7) is 4.88. The highest BCUT2D eigenvalue weighted by atomic mass is 32.2. The molecule has 0 aromatic heterocycles. The zero-order valence-electron chi connectivity index (χ0n) is 13.7. The molecule has 0 radical (unpaired) electrons. The minimum Gasteiger partial charge on any atom is -0.379 e. The molecule has 134 valence electrons. The van der Waals surface area contributed by atoms with Crippen molar-refractivity contribution in [2.24, 2.45) is 0 Å². The van der Waals surface area contributed by atoms with E-state index in [4.69, 9.17) is 9.47 Å². The molecule has 0 spiro atoms. The zero-order chi connectivity index (χ0) is 16.7. The summed E-state index contributed by atoms with van der Waals surface area (Å²) in [5, 5.41) is 2.76. The predicted molar refractivity (Wildman–Crippen MR) is 85.7 cm³/mol. The van der Waals surface area contributed by atoms with Crippen LogP contribution in [0.3, 0.4) is 0 Å². The molecule has 2 aliphatic rings. The first-order valence-corrected chi connectivity index (χ1v) is 9.93. The fourth-order valence-corrected chi connectivity index (χ4v) is 3.45. The highest BCUT2D eigenvalue weighted by Crippen LogP contribution is 2.10.